The third-order valence-electron chi connectivity index (χ3n) is 8.53. The summed E-state index contributed by atoms with van der Waals surface area (Å²) in [5.74, 6) is 0.236. The summed E-state index contributed by atoms with van der Waals surface area (Å²) in [6.07, 6.45) is 3.72. The van der Waals surface area contributed by atoms with E-state index in [0.717, 1.165) is 82.8 Å². The molecule has 0 aliphatic carbocycles. The molecule has 0 atom stereocenters. The number of phenols is 1. The molecular weight excluding hydrogens is 576 g/mol. The Balaban J connectivity index is 0.994. The number of aromatic hydroxyl groups is 1. The number of nitrogens with one attached hydrogen (secondary N) is 1. The number of amides is 1. The van der Waals surface area contributed by atoms with Gasteiger partial charge in [0.2, 0.25) is 0 Å². The molecule has 232 valence electrons. The van der Waals surface area contributed by atoms with Crippen LogP contribution < -0.4 is 5.32 Å². The van der Waals surface area contributed by atoms with Gasteiger partial charge in [-0.25, -0.2) is 14.8 Å². The Hall–Kier alpha value is -5.28. The Labute approximate surface area is 267 Å². The zero-order valence-electron chi connectivity index (χ0n) is 25.8. The van der Waals surface area contributed by atoms with E-state index in [1.807, 2.05) is 54.0 Å². The van der Waals surface area contributed by atoms with Gasteiger partial charge in [-0.2, -0.15) is 9.61 Å². The molecule has 3 aromatic heterocycles. The van der Waals surface area contributed by atoms with Gasteiger partial charge < -0.3 is 15.2 Å². The van der Waals surface area contributed by atoms with Gasteiger partial charge in [0.25, 0.3) is 0 Å². The smallest absolute Gasteiger partial charge is 0.407 e. The number of hydrogen-bond acceptors (Lipinski definition) is 7. The first-order chi connectivity index (χ1) is 22.5. The molecule has 0 spiro atoms. The highest BCUT2D eigenvalue weighted by molar-refractivity contribution is 5.90. The van der Waals surface area contributed by atoms with E-state index < -0.39 is 0 Å². The van der Waals surface area contributed by atoms with Crippen molar-refractivity contribution in [2.24, 2.45) is 0 Å². The minimum Gasteiger partial charge on any atom is -0.508 e. The van der Waals surface area contributed by atoms with Crippen molar-refractivity contribution in [1.82, 2.24) is 29.8 Å². The lowest BCUT2D eigenvalue weighted by molar-refractivity contribution is 0.0488. The Bertz CT molecular complexity index is 1970. The standard InChI is InChI=1S/C37H36N6O3/c1-25-21-34-39-23-30-22-33(28-5-3-2-4-6-28)35(40-36(30)43(34)41-25)29-11-7-27(8-12-29)24-42-19-16-32(17-20-42)46-37(45)38-18-15-26-9-13-31(44)14-10-26/h2-14,21-23,32,44H,15-20,24H2,1H3,(H,38,45). The number of piperidine rings is 1. The van der Waals surface area contributed by atoms with Crippen LogP contribution in [0, 0.1) is 6.92 Å². The first-order valence-electron chi connectivity index (χ1n) is 15.7. The number of ether oxygens (including phenoxy) is 1. The molecule has 1 amide bonds. The van der Waals surface area contributed by atoms with Crippen LogP contribution in [0.5, 0.6) is 5.75 Å². The summed E-state index contributed by atoms with van der Waals surface area (Å²) >= 11 is 0. The normalized spacial score (nSPS) is 14.1. The second-order valence-corrected chi connectivity index (χ2v) is 11.9. The van der Waals surface area contributed by atoms with E-state index in [1.54, 1.807) is 12.1 Å². The summed E-state index contributed by atoms with van der Waals surface area (Å²) in [6.45, 7) is 5.02. The minimum atomic E-state index is -0.371. The molecule has 2 N–H and O–H groups in total. The first-order valence-corrected chi connectivity index (χ1v) is 15.7. The number of likely N-dealkylation sites (tertiary alicyclic amines) is 1. The second kappa shape index (κ2) is 13.0. The van der Waals surface area contributed by atoms with Crippen LogP contribution in [0.25, 0.3) is 39.1 Å². The van der Waals surface area contributed by atoms with E-state index in [2.05, 4.69) is 62.8 Å². The summed E-state index contributed by atoms with van der Waals surface area (Å²) in [5, 5.41) is 17.8. The van der Waals surface area contributed by atoms with E-state index in [0.29, 0.717) is 13.0 Å². The molecule has 7 rings (SSSR count). The summed E-state index contributed by atoms with van der Waals surface area (Å²) in [5.41, 5.74) is 8.85. The van der Waals surface area contributed by atoms with Gasteiger partial charge in [-0.1, -0.05) is 66.7 Å². The summed E-state index contributed by atoms with van der Waals surface area (Å²) in [4.78, 5) is 24.5. The van der Waals surface area contributed by atoms with Crippen LogP contribution in [0.2, 0.25) is 0 Å². The van der Waals surface area contributed by atoms with Gasteiger partial charge >= 0.3 is 6.09 Å². The minimum absolute atomic E-state index is 0.0806. The highest BCUT2D eigenvalue weighted by Gasteiger charge is 2.22. The molecular formula is C37H36N6O3. The number of phenolic OH excluding ortho intramolecular Hbond substituents is 1. The molecule has 0 unspecified atom stereocenters. The van der Waals surface area contributed by atoms with Gasteiger partial charge in [-0.05, 0) is 61.1 Å². The number of carbonyl (C=O) groups excluding carboxylic acids is 1. The van der Waals surface area contributed by atoms with Crippen LogP contribution >= 0.6 is 0 Å². The molecule has 1 saturated heterocycles. The van der Waals surface area contributed by atoms with Crippen molar-refractivity contribution in [3.63, 3.8) is 0 Å². The molecule has 6 aromatic rings. The number of nitrogens with zero attached hydrogens (tertiary/aromatic N) is 5. The Morgan fingerprint density at radius 2 is 1.67 bits per heavy atom. The van der Waals surface area contributed by atoms with Crippen molar-refractivity contribution in [1.29, 1.82) is 0 Å². The van der Waals surface area contributed by atoms with Gasteiger partial charge in [-0.3, -0.25) is 4.90 Å². The van der Waals surface area contributed by atoms with Crippen LogP contribution in [-0.2, 0) is 17.7 Å². The van der Waals surface area contributed by atoms with Gasteiger partial charge in [-0.15, -0.1) is 0 Å². The third kappa shape index (κ3) is 6.55. The number of fused-ring (bicyclic) bond motifs is 3. The van der Waals surface area contributed by atoms with Crippen molar-refractivity contribution in [3.05, 3.63) is 114 Å². The highest BCUT2D eigenvalue weighted by atomic mass is 16.6. The molecule has 1 aliphatic rings. The van der Waals surface area contributed by atoms with Crippen molar-refractivity contribution in [2.45, 2.75) is 38.8 Å². The van der Waals surface area contributed by atoms with E-state index in [9.17, 15) is 9.90 Å². The van der Waals surface area contributed by atoms with E-state index in [1.165, 1.54) is 5.56 Å². The Morgan fingerprint density at radius 1 is 0.935 bits per heavy atom. The maximum Gasteiger partial charge on any atom is 0.407 e. The topological polar surface area (TPSA) is 105 Å². The fourth-order valence-corrected chi connectivity index (χ4v) is 6.09. The van der Waals surface area contributed by atoms with Crippen molar-refractivity contribution in [3.8, 4) is 28.1 Å². The molecule has 9 heteroatoms. The molecule has 0 bridgehead atoms. The van der Waals surface area contributed by atoms with Crippen LogP contribution in [0.15, 0.2) is 97.2 Å². The largest absolute Gasteiger partial charge is 0.508 e. The van der Waals surface area contributed by atoms with E-state index in [-0.39, 0.29) is 17.9 Å². The SMILES string of the molecule is Cc1cc2ncc3cc(-c4ccccc4)c(-c4ccc(CN5CCC(OC(=O)NCCc6ccc(O)cc6)CC5)cc4)nc3n2n1. The maximum atomic E-state index is 12.3. The average molecular weight is 613 g/mol. The summed E-state index contributed by atoms with van der Waals surface area (Å²) in [7, 11) is 0. The molecule has 3 aromatic carbocycles. The molecule has 1 aliphatic heterocycles. The number of rotatable bonds is 8. The second-order valence-electron chi connectivity index (χ2n) is 11.9. The fourth-order valence-electron chi connectivity index (χ4n) is 6.09. The van der Waals surface area contributed by atoms with Gasteiger partial charge in [0.05, 0.1) is 11.4 Å². The number of aryl methyl sites for hydroxylation is 1. The lowest BCUT2D eigenvalue weighted by atomic mass is 9.97. The number of aromatic nitrogens is 4. The molecule has 0 saturated carbocycles. The predicted molar refractivity (Wildman–Crippen MR) is 178 cm³/mol. The monoisotopic (exact) mass is 612 g/mol. The predicted octanol–water partition coefficient (Wildman–Crippen LogP) is 6.56. The van der Waals surface area contributed by atoms with Crippen molar-refractivity contribution >= 4 is 22.8 Å². The van der Waals surface area contributed by atoms with Gasteiger partial charge in [0, 0.05) is 55.0 Å². The van der Waals surface area contributed by atoms with E-state index >= 15 is 0 Å². The van der Waals surface area contributed by atoms with Crippen molar-refractivity contribution < 1.29 is 14.6 Å². The Kier molecular flexibility index (Phi) is 8.31. The Morgan fingerprint density at radius 3 is 2.43 bits per heavy atom. The van der Waals surface area contributed by atoms with Crippen molar-refractivity contribution in [2.75, 3.05) is 19.6 Å². The molecule has 46 heavy (non-hydrogen) atoms. The molecule has 9 nitrogen and oxygen atoms in total. The number of benzene rings is 3. The highest BCUT2D eigenvalue weighted by Crippen LogP contribution is 2.34. The third-order valence-corrected chi connectivity index (χ3v) is 8.53. The zero-order chi connectivity index (χ0) is 31.5. The summed E-state index contributed by atoms with van der Waals surface area (Å²) < 4.78 is 7.51. The molecule has 1 fully saturated rings. The van der Waals surface area contributed by atoms with Crippen LogP contribution in [0.4, 0.5) is 4.79 Å². The average Bonchev–Trinajstić information content (AvgIpc) is 3.47. The lowest BCUT2D eigenvalue weighted by Gasteiger charge is -2.31. The van der Waals surface area contributed by atoms with Gasteiger partial charge in [0.15, 0.2) is 11.3 Å². The number of pyridine rings is 1. The van der Waals surface area contributed by atoms with Crippen LogP contribution in [-0.4, -0.2) is 61.4 Å². The van der Waals surface area contributed by atoms with Gasteiger partial charge in [0.1, 0.15) is 11.9 Å². The number of alkyl carbamates (subject to hydrolysis) is 1. The van der Waals surface area contributed by atoms with Crippen LogP contribution in [0.3, 0.4) is 0 Å². The number of carbonyl (C=O) groups is 1. The van der Waals surface area contributed by atoms with E-state index in [4.69, 9.17) is 9.72 Å². The molecule has 0 radical (unpaired) electrons. The quantitative estimate of drug-likeness (QED) is 0.201. The fraction of sp³-hybridized carbons (Fsp3) is 0.243. The maximum absolute atomic E-state index is 12.3. The lowest BCUT2D eigenvalue weighted by Crippen LogP contribution is -2.39. The zero-order valence-corrected chi connectivity index (χ0v) is 25.8. The molecule has 4 heterocycles. The summed E-state index contributed by atoms with van der Waals surface area (Å²) in [6, 6.07) is 30.1. The van der Waals surface area contributed by atoms with Crippen LogP contribution in [0.1, 0.15) is 29.7 Å². The first kappa shape index (κ1) is 29.4. The number of hydrogen-bond donors (Lipinski definition) is 2.